The summed E-state index contributed by atoms with van der Waals surface area (Å²) in [6.07, 6.45) is 2.27. The Kier molecular flexibility index (Phi) is 4.80. The van der Waals surface area contributed by atoms with Crippen molar-refractivity contribution in [2.45, 2.75) is 38.9 Å². The van der Waals surface area contributed by atoms with Crippen LogP contribution in [0.15, 0.2) is 10.5 Å². The van der Waals surface area contributed by atoms with Gasteiger partial charge in [-0.15, -0.1) is 0 Å². The van der Waals surface area contributed by atoms with Crippen molar-refractivity contribution < 1.29 is 9.15 Å². The van der Waals surface area contributed by atoms with E-state index in [4.69, 9.17) is 9.15 Å². The highest BCUT2D eigenvalue weighted by Crippen LogP contribution is 2.20. The molecule has 0 spiro atoms. The molecule has 4 heteroatoms. The van der Waals surface area contributed by atoms with E-state index in [1.54, 1.807) is 0 Å². The van der Waals surface area contributed by atoms with Crippen LogP contribution >= 0.6 is 0 Å². The molecule has 0 atom stereocenters. The van der Waals surface area contributed by atoms with Crippen LogP contribution in [-0.4, -0.2) is 38.3 Å². The largest absolute Gasteiger partial charge is 0.465 e. The van der Waals surface area contributed by atoms with Crippen molar-refractivity contribution in [3.05, 3.63) is 23.2 Å². The molecule has 4 nitrogen and oxygen atoms in total. The Hall–Kier alpha value is -0.840. The Morgan fingerprint density at radius 2 is 2.11 bits per heavy atom. The summed E-state index contributed by atoms with van der Waals surface area (Å²) in [6.45, 7) is 5.59. The number of rotatable bonds is 5. The molecule has 102 valence electrons. The van der Waals surface area contributed by atoms with Crippen LogP contribution in [0.3, 0.4) is 0 Å². The van der Waals surface area contributed by atoms with E-state index in [9.17, 15) is 0 Å². The highest BCUT2D eigenvalue weighted by molar-refractivity contribution is 5.20. The number of ether oxygens (including phenoxy) is 1. The Morgan fingerprint density at radius 3 is 2.78 bits per heavy atom. The summed E-state index contributed by atoms with van der Waals surface area (Å²) in [7, 11) is 4.13. The second kappa shape index (κ2) is 6.36. The van der Waals surface area contributed by atoms with Crippen molar-refractivity contribution in [3.63, 3.8) is 0 Å². The summed E-state index contributed by atoms with van der Waals surface area (Å²) in [5, 5.41) is 3.12. The molecular formula is C14H24N2O2. The molecule has 0 saturated carbocycles. The normalized spacial score (nSPS) is 17.6. The van der Waals surface area contributed by atoms with Crippen LogP contribution in [0.25, 0.3) is 0 Å². The van der Waals surface area contributed by atoms with Crippen LogP contribution in [0.5, 0.6) is 0 Å². The zero-order valence-corrected chi connectivity index (χ0v) is 11.7. The molecule has 1 aromatic rings. The minimum Gasteiger partial charge on any atom is -0.465 e. The Labute approximate surface area is 109 Å². The van der Waals surface area contributed by atoms with Crippen molar-refractivity contribution in [2.24, 2.45) is 0 Å². The van der Waals surface area contributed by atoms with Gasteiger partial charge in [-0.1, -0.05) is 0 Å². The van der Waals surface area contributed by atoms with Crippen LogP contribution < -0.4 is 5.32 Å². The van der Waals surface area contributed by atoms with Gasteiger partial charge in [0.2, 0.25) is 0 Å². The predicted molar refractivity (Wildman–Crippen MR) is 71.5 cm³/mol. The molecule has 0 bridgehead atoms. The van der Waals surface area contributed by atoms with E-state index in [1.165, 1.54) is 5.56 Å². The fourth-order valence-corrected chi connectivity index (χ4v) is 2.53. The maximum atomic E-state index is 5.73. The molecule has 1 fully saturated rings. The number of furan rings is 1. The number of aryl methyl sites for hydroxylation is 1. The minimum absolute atomic E-state index is 0.640. The highest BCUT2D eigenvalue weighted by atomic mass is 16.5. The minimum atomic E-state index is 0.640. The molecule has 0 amide bonds. The van der Waals surface area contributed by atoms with Crippen LogP contribution in [0.4, 0.5) is 0 Å². The van der Waals surface area contributed by atoms with Gasteiger partial charge >= 0.3 is 0 Å². The zero-order chi connectivity index (χ0) is 13.0. The second-order valence-corrected chi connectivity index (χ2v) is 5.08. The van der Waals surface area contributed by atoms with Crippen LogP contribution in [0, 0.1) is 6.92 Å². The predicted octanol–water partition coefficient (Wildman–Crippen LogP) is 1.92. The van der Waals surface area contributed by atoms with Gasteiger partial charge in [-0.3, -0.25) is 4.90 Å². The zero-order valence-electron chi connectivity index (χ0n) is 11.7. The van der Waals surface area contributed by atoms with Crippen LogP contribution in [-0.2, 0) is 17.8 Å². The molecule has 0 aromatic carbocycles. The Morgan fingerprint density at radius 1 is 1.39 bits per heavy atom. The lowest BCUT2D eigenvalue weighted by atomic mass is 10.1. The van der Waals surface area contributed by atoms with Gasteiger partial charge in [-0.25, -0.2) is 0 Å². The lowest BCUT2D eigenvalue weighted by molar-refractivity contribution is 0.0406. The topological polar surface area (TPSA) is 37.6 Å². The summed E-state index contributed by atoms with van der Waals surface area (Å²) in [5.41, 5.74) is 1.30. The van der Waals surface area contributed by atoms with Gasteiger partial charge in [0.05, 0.1) is 6.54 Å². The molecule has 1 N–H and O–H groups in total. The van der Waals surface area contributed by atoms with E-state index in [0.29, 0.717) is 6.04 Å². The molecule has 1 aliphatic rings. The molecular weight excluding hydrogens is 228 g/mol. The molecule has 1 aliphatic heterocycles. The standard InChI is InChI=1S/C14H24N2O2/c1-11-12(8-14(18-11)9-15-2)10-16(3)13-4-6-17-7-5-13/h8,13,15H,4-7,9-10H2,1-3H3. The molecule has 2 heterocycles. The summed E-state index contributed by atoms with van der Waals surface area (Å²) < 4.78 is 11.1. The maximum Gasteiger partial charge on any atom is 0.118 e. The quantitative estimate of drug-likeness (QED) is 0.869. The van der Waals surface area contributed by atoms with Gasteiger partial charge in [0.1, 0.15) is 11.5 Å². The van der Waals surface area contributed by atoms with E-state index in [1.807, 2.05) is 14.0 Å². The maximum absolute atomic E-state index is 5.73. The van der Waals surface area contributed by atoms with E-state index >= 15 is 0 Å². The summed E-state index contributed by atoms with van der Waals surface area (Å²) in [6, 6.07) is 2.81. The van der Waals surface area contributed by atoms with E-state index in [2.05, 4.69) is 23.3 Å². The smallest absolute Gasteiger partial charge is 0.118 e. The van der Waals surface area contributed by atoms with Gasteiger partial charge in [0.15, 0.2) is 0 Å². The van der Waals surface area contributed by atoms with Crippen LogP contribution in [0.2, 0.25) is 0 Å². The highest BCUT2D eigenvalue weighted by Gasteiger charge is 2.19. The SMILES string of the molecule is CNCc1cc(CN(C)C2CCOCC2)c(C)o1. The Bertz CT molecular complexity index is 370. The van der Waals surface area contributed by atoms with Gasteiger partial charge < -0.3 is 14.5 Å². The molecule has 0 aliphatic carbocycles. The van der Waals surface area contributed by atoms with E-state index < -0.39 is 0 Å². The molecule has 2 rings (SSSR count). The number of nitrogens with one attached hydrogen (secondary N) is 1. The van der Waals surface area contributed by atoms with E-state index in [-0.39, 0.29) is 0 Å². The summed E-state index contributed by atoms with van der Waals surface area (Å²) in [4.78, 5) is 2.42. The first-order chi connectivity index (χ1) is 8.70. The average Bonchev–Trinajstić information content (AvgIpc) is 2.71. The van der Waals surface area contributed by atoms with Crippen LogP contribution in [0.1, 0.15) is 29.9 Å². The third-order valence-corrected chi connectivity index (χ3v) is 3.66. The average molecular weight is 252 g/mol. The Balaban J connectivity index is 1.95. The molecule has 1 aromatic heterocycles. The fourth-order valence-electron chi connectivity index (χ4n) is 2.53. The lowest BCUT2D eigenvalue weighted by Gasteiger charge is -2.30. The molecule has 18 heavy (non-hydrogen) atoms. The first-order valence-corrected chi connectivity index (χ1v) is 6.71. The first kappa shape index (κ1) is 13.6. The van der Waals surface area contributed by atoms with Crippen molar-refractivity contribution in [3.8, 4) is 0 Å². The first-order valence-electron chi connectivity index (χ1n) is 6.71. The van der Waals surface area contributed by atoms with Crippen molar-refractivity contribution in [1.29, 1.82) is 0 Å². The fraction of sp³-hybridized carbons (Fsp3) is 0.714. The van der Waals surface area contributed by atoms with Gasteiger partial charge in [0.25, 0.3) is 0 Å². The second-order valence-electron chi connectivity index (χ2n) is 5.08. The number of hydrogen-bond acceptors (Lipinski definition) is 4. The summed E-state index contributed by atoms with van der Waals surface area (Å²) >= 11 is 0. The van der Waals surface area contributed by atoms with Crippen molar-refractivity contribution in [1.82, 2.24) is 10.2 Å². The lowest BCUT2D eigenvalue weighted by Crippen LogP contribution is -2.36. The van der Waals surface area contributed by atoms with Crippen molar-refractivity contribution in [2.75, 3.05) is 27.3 Å². The molecule has 0 radical (unpaired) electrons. The molecule has 0 unspecified atom stereocenters. The number of nitrogens with zero attached hydrogens (tertiary/aromatic N) is 1. The van der Waals surface area contributed by atoms with Gasteiger partial charge in [-0.2, -0.15) is 0 Å². The summed E-state index contributed by atoms with van der Waals surface area (Å²) in [5.74, 6) is 2.06. The number of hydrogen-bond donors (Lipinski definition) is 1. The molecule has 1 saturated heterocycles. The monoisotopic (exact) mass is 252 g/mol. The van der Waals surface area contributed by atoms with Crippen molar-refractivity contribution >= 4 is 0 Å². The van der Waals surface area contributed by atoms with E-state index in [0.717, 1.165) is 50.7 Å². The third-order valence-electron chi connectivity index (χ3n) is 3.66. The van der Waals surface area contributed by atoms with Gasteiger partial charge in [0, 0.05) is 31.4 Å². The van der Waals surface area contributed by atoms with Gasteiger partial charge in [-0.05, 0) is 39.9 Å². The third kappa shape index (κ3) is 3.34.